The summed E-state index contributed by atoms with van der Waals surface area (Å²) in [5.41, 5.74) is 4.06. The molecule has 0 radical (unpaired) electrons. The molecule has 0 saturated carbocycles. The number of carbonyl (C=O) groups excluding carboxylic acids is 1. The van der Waals surface area contributed by atoms with Gasteiger partial charge in [-0.3, -0.25) is 4.79 Å². The van der Waals surface area contributed by atoms with Crippen molar-refractivity contribution in [2.45, 2.75) is 26.2 Å². The zero-order valence-electron chi connectivity index (χ0n) is 13.8. The van der Waals surface area contributed by atoms with Gasteiger partial charge in [0.05, 0.1) is 5.69 Å². The lowest BCUT2D eigenvalue weighted by Crippen LogP contribution is -2.16. The van der Waals surface area contributed by atoms with Crippen molar-refractivity contribution in [3.8, 4) is 5.69 Å². The minimum atomic E-state index is -0.295. The Balaban J connectivity index is 1.71. The van der Waals surface area contributed by atoms with Gasteiger partial charge < -0.3 is 5.32 Å². The molecule has 1 amide bonds. The molecule has 2 aromatic heterocycles. The van der Waals surface area contributed by atoms with Crippen LogP contribution in [0.25, 0.3) is 5.69 Å². The van der Waals surface area contributed by atoms with Crippen molar-refractivity contribution in [3.63, 3.8) is 0 Å². The minimum absolute atomic E-state index is 0.263. The number of nitrogens with zero attached hydrogens (tertiary/aromatic N) is 3. The van der Waals surface area contributed by atoms with Gasteiger partial charge in [-0.25, -0.2) is 14.1 Å². The van der Waals surface area contributed by atoms with Crippen LogP contribution >= 0.6 is 0 Å². The van der Waals surface area contributed by atoms with Gasteiger partial charge >= 0.3 is 0 Å². The maximum Gasteiger partial charge on any atom is 0.277 e. The van der Waals surface area contributed by atoms with Gasteiger partial charge in [0.25, 0.3) is 5.91 Å². The minimum Gasteiger partial charge on any atom is -0.305 e. The van der Waals surface area contributed by atoms with E-state index >= 15 is 0 Å². The second-order valence-corrected chi connectivity index (χ2v) is 6.14. The second-order valence-electron chi connectivity index (χ2n) is 6.14. The standard InChI is InChI=1S/C19H17FN4O/c1-12-4-3-11-21-18(12)22-19(25)17-15-5-2-6-16(15)24(23-17)14-9-7-13(20)8-10-14/h3-4,7-11H,2,5-6H2,1H3,(H,21,22,25). The number of carbonyl (C=O) groups is 1. The molecule has 1 N–H and O–H groups in total. The lowest BCUT2D eigenvalue weighted by atomic mass is 10.2. The van der Waals surface area contributed by atoms with E-state index in [0.29, 0.717) is 11.5 Å². The number of rotatable bonds is 3. The zero-order chi connectivity index (χ0) is 17.4. The summed E-state index contributed by atoms with van der Waals surface area (Å²) in [7, 11) is 0. The quantitative estimate of drug-likeness (QED) is 0.797. The summed E-state index contributed by atoms with van der Waals surface area (Å²) in [6, 6.07) is 9.86. The Kier molecular flexibility index (Phi) is 3.80. The highest BCUT2D eigenvalue weighted by molar-refractivity contribution is 6.04. The Bertz CT molecular complexity index is 947. The van der Waals surface area contributed by atoms with E-state index < -0.39 is 0 Å². The van der Waals surface area contributed by atoms with Crippen molar-refractivity contribution < 1.29 is 9.18 Å². The molecule has 2 heterocycles. The number of fused-ring (bicyclic) bond motifs is 1. The lowest BCUT2D eigenvalue weighted by Gasteiger charge is -2.06. The normalized spacial score (nSPS) is 12.9. The Hall–Kier alpha value is -3.02. The van der Waals surface area contributed by atoms with Gasteiger partial charge in [-0.2, -0.15) is 5.10 Å². The van der Waals surface area contributed by atoms with Crippen LogP contribution in [0.2, 0.25) is 0 Å². The van der Waals surface area contributed by atoms with E-state index in [0.717, 1.165) is 41.8 Å². The molecule has 126 valence electrons. The third-order valence-electron chi connectivity index (χ3n) is 4.46. The van der Waals surface area contributed by atoms with Crippen LogP contribution in [0.4, 0.5) is 10.2 Å². The van der Waals surface area contributed by atoms with E-state index in [1.165, 1.54) is 12.1 Å². The highest BCUT2D eigenvalue weighted by Crippen LogP contribution is 2.28. The fourth-order valence-electron chi connectivity index (χ4n) is 3.20. The predicted molar refractivity (Wildman–Crippen MR) is 92.5 cm³/mol. The van der Waals surface area contributed by atoms with E-state index in [2.05, 4.69) is 15.4 Å². The molecule has 25 heavy (non-hydrogen) atoms. The summed E-state index contributed by atoms with van der Waals surface area (Å²) in [6.07, 6.45) is 4.30. The molecular formula is C19H17FN4O. The molecule has 3 aromatic rings. The zero-order valence-corrected chi connectivity index (χ0v) is 13.8. The molecule has 4 rings (SSSR count). The van der Waals surface area contributed by atoms with Gasteiger partial charge in [-0.1, -0.05) is 6.07 Å². The predicted octanol–water partition coefficient (Wildman–Crippen LogP) is 3.46. The topological polar surface area (TPSA) is 59.8 Å². The number of pyridine rings is 1. The highest BCUT2D eigenvalue weighted by atomic mass is 19.1. The summed E-state index contributed by atoms with van der Waals surface area (Å²) < 4.78 is 14.9. The van der Waals surface area contributed by atoms with Crippen molar-refractivity contribution in [1.82, 2.24) is 14.8 Å². The number of hydrogen-bond donors (Lipinski definition) is 1. The summed E-state index contributed by atoms with van der Waals surface area (Å²) in [6.45, 7) is 1.89. The molecule has 1 aliphatic rings. The number of halogens is 1. The molecule has 5 nitrogen and oxygen atoms in total. The Morgan fingerprint density at radius 2 is 2.00 bits per heavy atom. The number of nitrogens with one attached hydrogen (secondary N) is 1. The molecule has 0 saturated heterocycles. The van der Waals surface area contributed by atoms with E-state index in [9.17, 15) is 9.18 Å². The lowest BCUT2D eigenvalue weighted by molar-refractivity contribution is 0.102. The van der Waals surface area contributed by atoms with Gasteiger partial charge in [0.1, 0.15) is 11.6 Å². The highest BCUT2D eigenvalue weighted by Gasteiger charge is 2.27. The molecule has 0 spiro atoms. The van der Waals surface area contributed by atoms with Crippen LogP contribution in [0.5, 0.6) is 0 Å². The number of aryl methyl sites for hydroxylation is 1. The smallest absolute Gasteiger partial charge is 0.277 e. The van der Waals surface area contributed by atoms with E-state index in [4.69, 9.17) is 0 Å². The van der Waals surface area contributed by atoms with Crippen LogP contribution in [0.15, 0.2) is 42.6 Å². The number of anilines is 1. The third kappa shape index (κ3) is 2.80. The average molecular weight is 336 g/mol. The van der Waals surface area contributed by atoms with Crippen molar-refractivity contribution in [1.29, 1.82) is 0 Å². The Morgan fingerprint density at radius 3 is 2.76 bits per heavy atom. The first-order chi connectivity index (χ1) is 12.1. The summed E-state index contributed by atoms with van der Waals surface area (Å²) in [4.78, 5) is 16.9. The van der Waals surface area contributed by atoms with Gasteiger partial charge in [-0.15, -0.1) is 0 Å². The number of hydrogen-bond acceptors (Lipinski definition) is 3. The van der Waals surface area contributed by atoms with Crippen LogP contribution in [0, 0.1) is 12.7 Å². The van der Waals surface area contributed by atoms with Crippen LogP contribution in [-0.2, 0) is 12.8 Å². The van der Waals surface area contributed by atoms with Crippen LogP contribution < -0.4 is 5.32 Å². The maximum absolute atomic E-state index is 13.2. The van der Waals surface area contributed by atoms with Crippen molar-refractivity contribution in [3.05, 3.63) is 70.9 Å². The van der Waals surface area contributed by atoms with E-state index in [1.54, 1.807) is 23.0 Å². The van der Waals surface area contributed by atoms with Gasteiger partial charge in [0.2, 0.25) is 0 Å². The number of aromatic nitrogens is 3. The van der Waals surface area contributed by atoms with Crippen LogP contribution in [-0.4, -0.2) is 20.7 Å². The molecule has 0 aliphatic heterocycles. The first-order valence-corrected chi connectivity index (χ1v) is 8.23. The molecule has 0 atom stereocenters. The van der Waals surface area contributed by atoms with Crippen LogP contribution in [0.3, 0.4) is 0 Å². The van der Waals surface area contributed by atoms with E-state index in [1.807, 2.05) is 19.1 Å². The fourth-order valence-corrected chi connectivity index (χ4v) is 3.20. The molecule has 1 aliphatic carbocycles. The molecule has 0 bridgehead atoms. The first-order valence-electron chi connectivity index (χ1n) is 8.23. The molecule has 1 aromatic carbocycles. The fraction of sp³-hybridized carbons (Fsp3) is 0.211. The number of benzene rings is 1. The molecular weight excluding hydrogens is 319 g/mol. The summed E-state index contributed by atoms with van der Waals surface area (Å²) >= 11 is 0. The van der Waals surface area contributed by atoms with Crippen molar-refractivity contribution in [2.75, 3.05) is 5.32 Å². The van der Waals surface area contributed by atoms with Crippen molar-refractivity contribution >= 4 is 11.7 Å². The SMILES string of the molecule is Cc1cccnc1NC(=O)c1nn(-c2ccc(F)cc2)c2c1CCC2. The van der Waals surface area contributed by atoms with E-state index in [-0.39, 0.29) is 11.7 Å². The summed E-state index contributed by atoms with van der Waals surface area (Å²) in [5.74, 6) is -0.0208. The average Bonchev–Trinajstić information content (AvgIpc) is 3.20. The van der Waals surface area contributed by atoms with Gasteiger partial charge in [0, 0.05) is 17.5 Å². The van der Waals surface area contributed by atoms with Gasteiger partial charge in [-0.05, 0) is 62.1 Å². The third-order valence-corrected chi connectivity index (χ3v) is 4.46. The number of amides is 1. The molecule has 6 heteroatoms. The first kappa shape index (κ1) is 15.5. The van der Waals surface area contributed by atoms with Gasteiger partial charge in [0.15, 0.2) is 5.69 Å². The molecule has 0 fully saturated rings. The largest absolute Gasteiger partial charge is 0.305 e. The Morgan fingerprint density at radius 1 is 1.20 bits per heavy atom. The summed E-state index contributed by atoms with van der Waals surface area (Å²) in [5, 5.41) is 7.36. The Labute approximate surface area is 144 Å². The molecule has 0 unspecified atom stereocenters. The van der Waals surface area contributed by atoms with Crippen molar-refractivity contribution in [2.24, 2.45) is 0 Å². The second kappa shape index (κ2) is 6.12. The maximum atomic E-state index is 13.2. The van der Waals surface area contributed by atoms with Crippen LogP contribution in [0.1, 0.15) is 33.7 Å². The monoisotopic (exact) mass is 336 g/mol.